The van der Waals surface area contributed by atoms with Crippen LogP contribution in [0.2, 0.25) is 0 Å². The fraction of sp³-hybridized carbons (Fsp3) is 0.385. The van der Waals surface area contributed by atoms with Crippen molar-refractivity contribution in [2.24, 2.45) is 5.73 Å². The van der Waals surface area contributed by atoms with Crippen molar-refractivity contribution in [3.63, 3.8) is 0 Å². The van der Waals surface area contributed by atoms with Gasteiger partial charge in [-0.05, 0) is 24.5 Å². The smallest absolute Gasteiger partial charge is 0.321 e. The average Bonchev–Trinajstić information content (AvgIpc) is 2.35. The molecule has 0 bridgehead atoms. The highest BCUT2D eigenvalue weighted by atomic mass is 32.2. The van der Waals surface area contributed by atoms with E-state index in [1.165, 1.54) is 0 Å². The topological polar surface area (TPSA) is 80.4 Å². The van der Waals surface area contributed by atoms with Gasteiger partial charge in [0, 0.05) is 11.3 Å². The first-order chi connectivity index (χ1) is 8.47. The number of benzene rings is 1. The Labute approximate surface area is 111 Å². The predicted octanol–water partition coefficient (Wildman–Crippen LogP) is 1.84. The van der Waals surface area contributed by atoms with Crippen molar-refractivity contribution in [1.82, 2.24) is 0 Å². The zero-order chi connectivity index (χ0) is 13.7. The van der Waals surface area contributed by atoms with Gasteiger partial charge in [0.1, 0.15) is 6.04 Å². The molecule has 1 aromatic rings. The van der Waals surface area contributed by atoms with Crippen LogP contribution in [-0.2, 0) is 11.2 Å². The van der Waals surface area contributed by atoms with Crippen LogP contribution in [-0.4, -0.2) is 28.0 Å². The van der Waals surface area contributed by atoms with E-state index in [-0.39, 0.29) is 10.9 Å². The van der Waals surface area contributed by atoms with E-state index in [0.29, 0.717) is 5.56 Å². The van der Waals surface area contributed by atoms with E-state index >= 15 is 0 Å². The molecule has 0 aliphatic carbocycles. The molecule has 4 nitrogen and oxygen atoms in total. The lowest BCUT2D eigenvalue weighted by Crippen LogP contribution is -2.32. The Morgan fingerprint density at radius 3 is 2.67 bits per heavy atom. The molecule has 0 spiro atoms. The third-order valence-corrected chi connectivity index (χ3v) is 3.77. The number of thioether (sulfide) groups is 1. The van der Waals surface area contributed by atoms with Crippen LogP contribution < -0.4 is 5.73 Å². The van der Waals surface area contributed by atoms with Gasteiger partial charge in [-0.1, -0.05) is 36.9 Å². The summed E-state index contributed by atoms with van der Waals surface area (Å²) >= 11 is 0.955. The van der Waals surface area contributed by atoms with Gasteiger partial charge in [-0.25, -0.2) is 0 Å². The summed E-state index contributed by atoms with van der Waals surface area (Å²) in [6.07, 6.45) is 0.867. The number of hydrogen-bond donors (Lipinski definition) is 2. The Morgan fingerprint density at radius 2 is 2.11 bits per heavy atom. The lowest BCUT2D eigenvalue weighted by atomic mass is 10.0. The van der Waals surface area contributed by atoms with Crippen molar-refractivity contribution in [2.45, 2.75) is 26.3 Å². The van der Waals surface area contributed by atoms with Crippen molar-refractivity contribution >= 4 is 22.8 Å². The lowest BCUT2D eigenvalue weighted by Gasteiger charge is -2.09. The molecule has 3 N–H and O–H groups in total. The highest BCUT2D eigenvalue weighted by Gasteiger charge is 2.16. The summed E-state index contributed by atoms with van der Waals surface area (Å²) in [6.45, 7) is 3.94. The predicted molar refractivity (Wildman–Crippen MR) is 73.0 cm³/mol. The molecular formula is C13H17NO3S. The minimum absolute atomic E-state index is 0.0873. The summed E-state index contributed by atoms with van der Waals surface area (Å²) in [6, 6.07) is 4.58. The van der Waals surface area contributed by atoms with Crippen LogP contribution in [0.15, 0.2) is 18.2 Å². The maximum Gasteiger partial charge on any atom is 0.321 e. The first-order valence-corrected chi connectivity index (χ1v) is 6.70. The van der Waals surface area contributed by atoms with E-state index in [9.17, 15) is 9.59 Å². The molecule has 1 unspecified atom stereocenters. The van der Waals surface area contributed by atoms with Gasteiger partial charge in [-0.3, -0.25) is 9.59 Å². The van der Waals surface area contributed by atoms with Gasteiger partial charge >= 0.3 is 5.97 Å². The fourth-order valence-corrected chi connectivity index (χ4v) is 2.45. The molecule has 5 heteroatoms. The zero-order valence-corrected chi connectivity index (χ0v) is 11.3. The average molecular weight is 267 g/mol. The number of nitrogens with two attached hydrogens (primary N) is 1. The monoisotopic (exact) mass is 267 g/mol. The van der Waals surface area contributed by atoms with Crippen LogP contribution >= 0.6 is 11.8 Å². The number of carbonyl (C=O) groups excluding carboxylic acids is 1. The second kappa shape index (κ2) is 6.56. The molecular weight excluding hydrogens is 250 g/mol. The SMILES string of the molecule is CCc1cccc(C(=O)SCC(N)C(=O)O)c1C. The summed E-state index contributed by atoms with van der Waals surface area (Å²) in [5.74, 6) is -1.00. The molecule has 18 heavy (non-hydrogen) atoms. The van der Waals surface area contributed by atoms with Gasteiger partial charge in [-0.15, -0.1) is 0 Å². The van der Waals surface area contributed by atoms with Crippen LogP contribution in [0.5, 0.6) is 0 Å². The molecule has 0 radical (unpaired) electrons. The van der Waals surface area contributed by atoms with Gasteiger partial charge in [0.15, 0.2) is 0 Å². The number of hydrogen-bond acceptors (Lipinski definition) is 4. The van der Waals surface area contributed by atoms with Crippen LogP contribution in [0, 0.1) is 6.92 Å². The molecule has 98 valence electrons. The Bertz CT molecular complexity index is 460. The lowest BCUT2D eigenvalue weighted by molar-refractivity contribution is -0.137. The van der Waals surface area contributed by atoms with Crippen molar-refractivity contribution in [1.29, 1.82) is 0 Å². The molecule has 1 rings (SSSR count). The third kappa shape index (κ3) is 3.58. The van der Waals surface area contributed by atoms with E-state index in [1.54, 1.807) is 6.07 Å². The molecule has 0 fully saturated rings. The summed E-state index contributed by atoms with van der Waals surface area (Å²) in [5, 5.41) is 8.53. The third-order valence-electron chi connectivity index (χ3n) is 2.76. The number of aryl methyl sites for hydroxylation is 1. The molecule has 0 aliphatic rings. The minimum atomic E-state index is -1.09. The van der Waals surface area contributed by atoms with E-state index in [2.05, 4.69) is 0 Å². The molecule has 0 aromatic heterocycles. The number of rotatable bonds is 5. The van der Waals surface area contributed by atoms with Gasteiger partial charge in [0.25, 0.3) is 0 Å². The summed E-state index contributed by atoms with van der Waals surface area (Å²) < 4.78 is 0. The second-order valence-electron chi connectivity index (χ2n) is 3.99. The van der Waals surface area contributed by atoms with Crippen LogP contribution in [0.1, 0.15) is 28.4 Å². The first kappa shape index (κ1) is 14.7. The van der Waals surface area contributed by atoms with E-state index in [4.69, 9.17) is 10.8 Å². The summed E-state index contributed by atoms with van der Waals surface area (Å²) in [4.78, 5) is 22.5. The first-order valence-electron chi connectivity index (χ1n) is 5.71. The summed E-state index contributed by atoms with van der Waals surface area (Å²) in [7, 11) is 0. The Kier molecular flexibility index (Phi) is 5.37. The Hall–Kier alpha value is -1.33. The fourth-order valence-electron chi connectivity index (χ4n) is 1.60. The maximum absolute atomic E-state index is 12.0. The standard InChI is InChI=1S/C13H17NO3S/c1-3-9-5-4-6-10(8(9)2)13(17)18-7-11(14)12(15)16/h4-6,11H,3,7,14H2,1-2H3,(H,15,16). The summed E-state index contributed by atoms with van der Waals surface area (Å²) in [5.41, 5.74) is 8.09. The second-order valence-corrected chi connectivity index (χ2v) is 4.98. The minimum Gasteiger partial charge on any atom is -0.480 e. The van der Waals surface area contributed by atoms with Crippen LogP contribution in [0.4, 0.5) is 0 Å². The van der Waals surface area contributed by atoms with Crippen LogP contribution in [0.3, 0.4) is 0 Å². The molecule has 0 heterocycles. The molecule has 0 saturated heterocycles. The van der Waals surface area contributed by atoms with Gasteiger partial charge < -0.3 is 10.8 Å². The van der Waals surface area contributed by atoms with Gasteiger partial charge in [-0.2, -0.15) is 0 Å². The van der Waals surface area contributed by atoms with E-state index < -0.39 is 12.0 Å². The normalized spacial score (nSPS) is 12.2. The molecule has 0 amide bonds. The quantitative estimate of drug-likeness (QED) is 0.851. The Balaban J connectivity index is 2.76. The Morgan fingerprint density at radius 1 is 1.44 bits per heavy atom. The number of carboxylic acids is 1. The number of carboxylic acid groups (broad SMARTS) is 1. The van der Waals surface area contributed by atoms with Gasteiger partial charge in [0.05, 0.1) is 0 Å². The van der Waals surface area contributed by atoms with E-state index in [1.807, 2.05) is 26.0 Å². The number of carbonyl (C=O) groups is 2. The maximum atomic E-state index is 12.0. The molecule has 0 saturated carbocycles. The zero-order valence-electron chi connectivity index (χ0n) is 10.5. The van der Waals surface area contributed by atoms with Crippen molar-refractivity contribution < 1.29 is 14.7 Å². The van der Waals surface area contributed by atoms with Crippen molar-refractivity contribution in [3.8, 4) is 0 Å². The van der Waals surface area contributed by atoms with Crippen LogP contribution in [0.25, 0.3) is 0 Å². The van der Waals surface area contributed by atoms with Crippen molar-refractivity contribution in [3.05, 3.63) is 34.9 Å². The van der Waals surface area contributed by atoms with E-state index in [0.717, 1.165) is 29.3 Å². The highest BCUT2D eigenvalue weighted by molar-refractivity contribution is 8.14. The molecule has 1 atom stereocenters. The largest absolute Gasteiger partial charge is 0.480 e. The molecule has 0 aliphatic heterocycles. The molecule has 1 aromatic carbocycles. The van der Waals surface area contributed by atoms with Gasteiger partial charge in [0.2, 0.25) is 5.12 Å². The van der Waals surface area contributed by atoms with Crippen molar-refractivity contribution in [2.75, 3.05) is 5.75 Å². The number of aliphatic carboxylic acids is 1. The highest BCUT2D eigenvalue weighted by Crippen LogP contribution is 2.20.